The van der Waals surface area contributed by atoms with E-state index < -0.39 is 5.91 Å². The Balaban J connectivity index is 1.68. The maximum Gasteiger partial charge on any atom is 0.250 e. The molecule has 7 heteroatoms. The quantitative estimate of drug-likeness (QED) is 0.654. The van der Waals surface area contributed by atoms with Crippen molar-refractivity contribution in [3.05, 3.63) is 65.5 Å². The molecule has 1 amide bonds. The largest absolute Gasteiger partial charge is 0.366 e. The van der Waals surface area contributed by atoms with Gasteiger partial charge in [0.15, 0.2) is 0 Å². The number of fused-ring (bicyclic) bond motifs is 1. The summed E-state index contributed by atoms with van der Waals surface area (Å²) in [5.74, 6) is 0.347. The van der Waals surface area contributed by atoms with Crippen molar-refractivity contribution in [3.8, 4) is 6.07 Å². The fourth-order valence-corrected chi connectivity index (χ4v) is 3.60. The Morgan fingerprint density at radius 3 is 2.89 bits per heavy atom. The number of nitrogens with one attached hydrogen (secondary N) is 2. The predicted octanol–water partition coefficient (Wildman–Crippen LogP) is 1.77. The Morgan fingerprint density at radius 2 is 2.07 bits per heavy atom. The van der Waals surface area contributed by atoms with Crippen molar-refractivity contribution in [2.24, 2.45) is 5.73 Å². The van der Waals surface area contributed by atoms with Crippen molar-refractivity contribution >= 4 is 22.6 Å². The van der Waals surface area contributed by atoms with E-state index in [1.165, 1.54) is 6.33 Å². The molecule has 1 aliphatic rings. The zero-order chi connectivity index (χ0) is 18.8. The number of hydrogen-bond donors (Lipinski definition) is 3. The van der Waals surface area contributed by atoms with E-state index in [9.17, 15) is 4.79 Å². The molecule has 0 saturated carbocycles. The Labute approximate surface area is 156 Å². The summed E-state index contributed by atoms with van der Waals surface area (Å²) in [4.78, 5) is 20.3. The van der Waals surface area contributed by atoms with Gasteiger partial charge in [0.2, 0.25) is 0 Å². The van der Waals surface area contributed by atoms with Crippen LogP contribution in [0.5, 0.6) is 0 Å². The van der Waals surface area contributed by atoms with Crippen molar-refractivity contribution in [1.82, 2.24) is 15.3 Å². The molecule has 0 radical (unpaired) electrons. The van der Waals surface area contributed by atoms with Crippen LogP contribution in [-0.2, 0) is 0 Å². The summed E-state index contributed by atoms with van der Waals surface area (Å²) in [5.41, 5.74) is 8.13. The zero-order valence-electron chi connectivity index (χ0n) is 14.5. The molecule has 2 aromatic carbocycles. The number of rotatable bonds is 4. The molecule has 0 spiro atoms. The Kier molecular flexibility index (Phi) is 4.40. The molecule has 4 rings (SSSR count). The lowest BCUT2D eigenvalue weighted by Crippen LogP contribution is -2.28. The van der Waals surface area contributed by atoms with Crippen LogP contribution in [0.3, 0.4) is 0 Å². The van der Waals surface area contributed by atoms with Crippen LogP contribution in [0.25, 0.3) is 10.9 Å². The number of carbonyl (C=O) groups is 1. The number of anilines is 1. The highest BCUT2D eigenvalue weighted by Crippen LogP contribution is 2.29. The molecule has 7 nitrogen and oxygen atoms in total. The van der Waals surface area contributed by atoms with Crippen molar-refractivity contribution in [3.63, 3.8) is 0 Å². The minimum Gasteiger partial charge on any atom is -0.366 e. The molecule has 27 heavy (non-hydrogen) atoms. The van der Waals surface area contributed by atoms with Crippen LogP contribution in [0.2, 0.25) is 0 Å². The first kappa shape index (κ1) is 16.9. The van der Waals surface area contributed by atoms with Crippen LogP contribution < -0.4 is 16.4 Å². The summed E-state index contributed by atoms with van der Waals surface area (Å²) >= 11 is 0. The number of aromatic nitrogens is 2. The lowest BCUT2D eigenvalue weighted by atomic mass is 9.93. The minimum atomic E-state index is -0.515. The molecule has 3 aromatic rings. The molecule has 1 saturated heterocycles. The number of nitrogens with zero attached hydrogens (tertiary/aromatic N) is 3. The van der Waals surface area contributed by atoms with Crippen LogP contribution in [0.4, 0.5) is 5.82 Å². The SMILES string of the molecule is N#Cc1cccc([C@H]2CNC[C@H]2Nc2ncnc3c(C(N)=O)cccc23)c1. The van der Waals surface area contributed by atoms with Crippen molar-refractivity contribution in [2.75, 3.05) is 18.4 Å². The molecule has 1 aliphatic heterocycles. The van der Waals surface area contributed by atoms with Gasteiger partial charge in [-0.15, -0.1) is 0 Å². The van der Waals surface area contributed by atoms with Gasteiger partial charge in [-0.2, -0.15) is 5.26 Å². The highest BCUT2D eigenvalue weighted by Gasteiger charge is 2.29. The second-order valence-corrected chi connectivity index (χ2v) is 6.54. The third-order valence-corrected chi connectivity index (χ3v) is 4.91. The molecular weight excluding hydrogens is 340 g/mol. The number of primary amides is 1. The van der Waals surface area contributed by atoms with Crippen LogP contribution >= 0.6 is 0 Å². The smallest absolute Gasteiger partial charge is 0.250 e. The maximum atomic E-state index is 11.7. The Morgan fingerprint density at radius 1 is 1.22 bits per heavy atom. The van der Waals surface area contributed by atoms with Crippen molar-refractivity contribution < 1.29 is 4.79 Å². The minimum absolute atomic E-state index is 0.0919. The number of nitrogens with two attached hydrogens (primary N) is 1. The average molecular weight is 358 g/mol. The van der Waals surface area contributed by atoms with Crippen LogP contribution in [0.15, 0.2) is 48.8 Å². The second-order valence-electron chi connectivity index (χ2n) is 6.54. The molecule has 134 valence electrons. The van der Waals surface area contributed by atoms with Crippen LogP contribution in [-0.4, -0.2) is 35.0 Å². The molecule has 0 aliphatic carbocycles. The number of carbonyl (C=O) groups excluding carboxylic acids is 1. The number of benzene rings is 2. The third kappa shape index (κ3) is 3.18. The van der Waals surface area contributed by atoms with Gasteiger partial charge in [0.25, 0.3) is 5.91 Å². The van der Waals surface area contributed by atoms with Gasteiger partial charge in [-0.25, -0.2) is 9.97 Å². The van der Waals surface area contributed by atoms with E-state index in [4.69, 9.17) is 11.0 Å². The van der Waals surface area contributed by atoms with Gasteiger partial charge in [0.1, 0.15) is 12.1 Å². The van der Waals surface area contributed by atoms with Gasteiger partial charge < -0.3 is 16.4 Å². The van der Waals surface area contributed by atoms with Gasteiger partial charge in [0, 0.05) is 30.4 Å². The van der Waals surface area contributed by atoms with Gasteiger partial charge >= 0.3 is 0 Å². The van der Waals surface area contributed by atoms with Crippen LogP contribution in [0.1, 0.15) is 27.4 Å². The Bertz CT molecular complexity index is 1060. The van der Waals surface area contributed by atoms with E-state index in [1.54, 1.807) is 18.2 Å². The molecule has 0 bridgehead atoms. The monoisotopic (exact) mass is 358 g/mol. The third-order valence-electron chi connectivity index (χ3n) is 4.91. The van der Waals surface area contributed by atoms with Gasteiger partial charge in [-0.3, -0.25) is 4.79 Å². The number of amides is 1. The topological polar surface area (TPSA) is 117 Å². The number of nitriles is 1. The fourth-order valence-electron chi connectivity index (χ4n) is 3.60. The highest BCUT2D eigenvalue weighted by atomic mass is 16.1. The lowest BCUT2D eigenvalue weighted by molar-refractivity contribution is 0.100. The van der Waals surface area contributed by atoms with E-state index in [2.05, 4.69) is 26.7 Å². The summed E-state index contributed by atoms with van der Waals surface area (Å²) in [6.45, 7) is 1.57. The van der Waals surface area contributed by atoms with E-state index >= 15 is 0 Å². The second kappa shape index (κ2) is 7.02. The van der Waals surface area contributed by atoms with Gasteiger partial charge in [0.05, 0.1) is 22.7 Å². The zero-order valence-corrected chi connectivity index (χ0v) is 14.5. The molecule has 4 N–H and O–H groups in total. The van der Waals surface area contributed by atoms with Crippen molar-refractivity contribution in [2.45, 2.75) is 12.0 Å². The van der Waals surface area contributed by atoms with E-state index in [1.807, 2.05) is 24.3 Å². The molecule has 2 heterocycles. The van der Waals surface area contributed by atoms with Gasteiger partial charge in [-0.1, -0.05) is 18.2 Å². The van der Waals surface area contributed by atoms with E-state index in [0.717, 1.165) is 24.0 Å². The number of hydrogen-bond acceptors (Lipinski definition) is 6. The molecule has 2 atom stereocenters. The lowest BCUT2D eigenvalue weighted by Gasteiger charge is -2.22. The van der Waals surface area contributed by atoms with Crippen molar-refractivity contribution in [1.29, 1.82) is 5.26 Å². The standard InChI is InChI=1S/C20H18N6O/c21-8-12-3-1-4-13(7-12)16-9-23-10-17(16)26-20-15-6-2-5-14(19(22)27)18(15)24-11-25-20/h1-7,11,16-17,23H,9-10H2,(H2,22,27)(H,24,25,26)/t16-,17-/m1/s1. The molecule has 0 unspecified atom stereocenters. The summed E-state index contributed by atoms with van der Waals surface area (Å²) in [7, 11) is 0. The fraction of sp³-hybridized carbons (Fsp3) is 0.200. The summed E-state index contributed by atoms with van der Waals surface area (Å²) in [6.07, 6.45) is 1.44. The Hall–Kier alpha value is -3.50. The summed E-state index contributed by atoms with van der Waals surface area (Å²) in [6, 6.07) is 15.3. The average Bonchev–Trinajstić information content (AvgIpc) is 3.16. The summed E-state index contributed by atoms with van der Waals surface area (Å²) in [5, 5.41) is 16.8. The first-order valence-corrected chi connectivity index (χ1v) is 8.68. The van der Waals surface area contributed by atoms with E-state index in [0.29, 0.717) is 22.5 Å². The predicted molar refractivity (Wildman–Crippen MR) is 102 cm³/mol. The number of para-hydroxylation sites is 1. The van der Waals surface area contributed by atoms with Gasteiger partial charge in [-0.05, 0) is 29.8 Å². The molecule has 1 aromatic heterocycles. The maximum absolute atomic E-state index is 11.7. The van der Waals surface area contributed by atoms with Crippen LogP contribution in [0, 0.1) is 11.3 Å². The first-order chi connectivity index (χ1) is 13.2. The molecule has 1 fully saturated rings. The highest BCUT2D eigenvalue weighted by molar-refractivity contribution is 6.06. The summed E-state index contributed by atoms with van der Waals surface area (Å²) < 4.78 is 0. The molecular formula is C20H18N6O. The van der Waals surface area contributed by atoms with E-state index in [-0.39, 0.29) is 12.0 Å². The first-order valence-electron chi connectivity index (χ1n) is 8.68. The normalized spacial score (nSPS) is 18.9.